The van der Waals surface area contributed by atoms with Gasteiger partial charge in [0.2, 0.25) is 5.91 Å². The van der Waals surface area contributed by atoms with E-state index in [-0.39, 0.29) is 5.91 Å². The summed E-state index contributed by atoms with van der Waals surface area (Å²) in [6, 6.07) is 13.4. The molecular weight excluding hydrogens is 406 g/mol. The average molecular weight is 434 g/mol. The van der Waals surface area contributed by atoms with Crippen molar-refractivity contribution in [2.45, 2.75) is 31.7 Å². The highest BCUT2D eigenvalue weighted by Gasteiger charge is 2.32. The molecule has 2 aromatic carbocycles. The number of nitrogens with one attached hydrogen (secondary N) is 1. The molecule has 1 fully saturated rings. The lowest BCUT2D eigenvalue weighted by Gasteiger charge is -2.45. The van der Waals surface area contributed by atoms with Crippen molar-refractivity contribution in [1.29, 1.82) is 0 Å². The van der Waals surface area contributed by atoms with Gasteiger partial charge in [0.05, 0.1) is 6.61 Å². The predicted molar refractivity (Wildman–Crippen MR) is 127 cm³/mol. The van der Waals surface area contributed by atoms with Crippen LogP contribution in [0.1, 0.15) is 24.0 Å². The molecule has 1 N–H and O–H groups in total. The number of aryl methyl sites for hydroxylation is 1. The second-order valence-electron chi connectivity index (χ2n) is 8.83. The number of carbonyl (C=O) groups is 1. The van der Waals surface area contributed by atoms with E-state index in [2.05, 4.69) is 44.8 Å². The Morgan fingerprint density at radius 2 is 2.10 bits per heavy atom. The van der Waals surface area contributed by atoms with E-state index < -0.39 is 0 Å². The highest BCUT2D eigenvalue weighted by molar-refractivity contribution is 7.17. The monoisotopic (exact) mass is 433 g/mol. The van der Waals surface area contributed by atoms with Gasteiger partial charge in [0.15, 0.2) is 0 Å². The number of amides is 1. The van der Waals surface area contributed by atoms with Crippen LogP contribution in [0.3, 0.4) is 0 Å². The number of hydrogen-bond acceptors (Lipinski definition) is 5. The topological polar surface area (TPSA) is 44.8 Å². The van der Waals surface area contributed by atoms with E-state index in [1.54, 1.807) is 0 Å². The number of anilines is 2. The molecule has 31 heavy (non-hydrogen) atoms. The zero-order chi connectivity index (χ0) is 20.8. The van der Waals surface area contributed by atoms with E-state index >= 15 is 0 Å². The Bertz CT molecular complexity index is 1140. The number of thiophene rings is 1. The van der Waals surface area contributed by atoms with Crippen molar-refractivity contribution in [3.63, 3.8) is 0 Å². The first kappa shape index (κ1) is 19.1. The molecule has 0 saturated carbocycles. The largest absolute Gasteiger partial charge is 0.493 e. The van der Waals surface area contributed by atoms with Gasteiger partial charge in [-0.3, -0.25) is 9.69 Å². The van der Waals surface area contributed by atoms with Crippen molar-refractivity contribution in [3.05, 3.63) is 52.9 Å². The fraction of sp³-hybridized carbons (Fsp3) is 0.400. The molecule has 0 spiro atoms. The molecule has 1 amide bonds. The average Bonchev–Trinajstić information content (AvgIpc) is 3.20. The SMILES string of the molecule is O=C1CCc2ccc(OCCCN3CCN4c5cccc6scc(c56)CC4C3)cc2N1. The van der Waals surface area contributed by atoms with Crippen molar-refractivity contribution in [1.82, 2.24) is 4.90 Å². The van der Waals surface area contributed by atoms with Crippen molar-refractivity contribution < 1.29 is 9.53 Å². The van der Waals surface area contributed by atoms with Gasteiger partial charge in [-0.15, -0.1) is 11.3 Å². The third-order valence-electron chi connectivity index (χ3n) is 6.85. The summed E-state index contributed by atoms with van der Waals surface area (Å²) in [7, 11) is 0. The van der Waals surface area contributed by atoms with Crippen LogP contribution in [-0.2, 0) is 17.6 Å². The molecule has 1 unspecified atom stereocenters. The third-order valence-corrected chi connectivity index (χ3v) is 7.85. The van der Waals surface area contributed by atoms with Crippen molar-refractivity contribution in [2.24, 2.45) is 0 Å². The second kappa shape index (κ2) is 7.84. The smallest absolute Gasteiger partial charge is 0.224 e. The van der Waals surface area contributed by atoms with Crippen LogP contribution in [0.4, 0.5) is 11.4 Å². The highest BCUT2D eigenvalue weighted by Crippen LogP contribution is 2.40. The van der Waals surface area contributed by atoms with Crippen LogP contribution in [0.5, 0.6) is 5.75 Å². The molecule has 4 heterocycles. The van der Waals surface area contributed by atoms with Crippen LogP contribution in [0, 0.1) is 0 Å². The normalized spacial score (nSPS) is 20.3. The minimum atomic E-state index is 0.0947. The first-order valence-corrected chi connectivity index (χ1v) is 12.2. The fourth-order valence-corrected chi connectivity index (χ4v) is 6.30. The Balaban J connectivity index is 1.03. The van der Waals surface area contributed by atoms with Gasteiger partial charge in [0, 0.05) is 66.2 Å². The van der Waals surface area contributed by atoms with E-state index in [0.717, 1.165) is 56.9 Å². The number of nitrogens with zero attached hydrogens (tertiary/aromatic N) is 2. The number of benzene rings is 2. The van der Waals surface area contributed by atoms with Gasteiger partial charge in [0.25, 0.3) is 0 Å². The molecule has 0 aliphatic carbocycles. The Morgan fingerprint density at radius 1 is 1.13 bits per heavy atom. The van der Waals surface area contributed by atoms with E-state index in [1.807, 2.05) is 23.5 Å². The summed E-state index contributed by atoms with van der Waals surface area (Å²) in [5, 5.41) is 6.80. The van der Waals surface area contributed by atoms with Gasteiger partial charge in [-0.2, -0.15) is 0 Å². The minimum Gasteiger partial charge on any atom is -0.493 e. The summed E-state index contributed by atoms with van der Waals surface area (Å²) < 4.78 is 7.42. The van der Waals surface area contributed by atoms with Crippen molar-refractivity contribution in [2.75, 3.05) is 43.0 Å². The van der Waals surface area contributed by atoms with E-state index in [1.165, 1.54) is 26.9 Å². The second-order valence-corrected chi connectivity index (χ2v) is 9.74. The molecule has 3 aliphatic rings. The Hall–Kier alpha value is -2.57. The third kappa shape index (κ3) is 3.58. The number of carbonyl (C=O) groups excluding carboxylic acids is 1. The Kier molecular flexibility index (Phi) is 4.84. The lowest BCUT2D eigenvalue weighted by atomic mass is 9.94. The van der Waals surface area contributed by atoms with Crippen molar-refractivity contribution in [3.8, 4) is 5.75 Å². The first-order chi connectivity index (χ1) is 15.2. The summed E-state index contributed by atoms with van der Waals surface area (Å²) in [5.41, 5.74) is 5.07. The maximum absolute atomic E-state index is 11.6. The molecule has 1 atom stereocenters. The standard InChI is InChI=1S/C25H27N3O2S/c29-24-8-6-17-5-7-20(14-21(17)26-24)30-12-2-9-27-10-11-28-19(15-27)13-18-16-31-23-4-1-3-22(28)25(18)23/h1,3-5,7,14,16,19H,2,6,8-13,15H2,(H,26,29). The summed E-state index contributed by atoms with van der Waals surface area (Å²) in [4.78, 5) is 16.8. The molecule has 3 aromatic rings. The maximum Gasteiger partial charge on any atom is 0.224 e. The fourth-order valence-electron chi connectivity index (χ4n) is 5.31. The Morgan fingerprint density at radius 3 is 3.06 bits per heavy atom. The molecule has 3 aliphatic heterocycles. The van der Waals surface area contributed by atoms with Crippen LogP contribution < -0.4 is 15.0 Å². The summed E-state index contributed by atoms with van der Waals surface area (Å²) >= 11 is 1.88. The lowest BCUT2D eigenvalue weighted by molar-refractivity contribution is -0.116. The van der Waals surface area contributed by atoms with Crippen LogP contribution >= 0.6 is 11.3 Å². The van der Waals surface area contributed by atoms with Crippen molar-refractivity contribution >= 4 is 38.7 Å². The van der Waals surface area contributed by atoms with E-state index in [4.69, 9.17) is 4.74 Å². The zero-order valence-corrected chi connectivity index (χ0v) is 18.4. The number of piperazine rings is 1. The zero-order valence-electron chi connectivity index (χ0n) is 17.6. The lowest BCUT2D eigenvalue weighted by Crippen LogP contribution is -2.55. The number of ether oxygens (including phenoxy) is 1. The molecule has 6 rings (SSSR count). The molecule has 6 heteroatoms. The minimum absolute atomic E-state index is 0.0947. The quantitative estimate of drug-likeness (QED) is 0.610. The van der Waals surface area contributed by atoms with Gasteiger partial charge < -0.3 is 15.0 Å². The molecule has 0 bridgehead atoms. The van der Waals surface area contributed by atoms with Crippen LogP contribution in [0.2, 0.25) is 0 Å². The summed E-state index contributed by atoms with van der Waals surface area (Å²) in [6.07, 6.45) is 3.56. The molecule has 160 valence electrons. The summed E-state index contributed by atoms with van der Waals surface area (Å²) in [5.74, 6) is 0.938. The molecule has 0 radical (unpaired) electrons. The summed E-state index contributed by atoms with van der Waals surface area (Å²) in [6.45, 7) is 5.09. The van der Waals surface area contributed by atoms with Crippen LogP contribution in [-0.4, -0.2) is 49.6 Å². The maximum atomic E-state index is 11.6. The number of rotatable bonds is 5. The van der Waals surface area contributed by atoms with Gasteiger partial charge in [-0.25, -0.2) is 0 Å². The predicted octanol–water partition coefficient (Wildman–Crippen LogP) is 4.30. The molecular formula is C25H27N3O2S. The molecule has 5 nitrogen and oxygen atoms in total. The first-order valence-electron chi connectivity index (χ1n) is 11.3. The van der Waals surface area contributed by atoms with E-state index in [9.17, 15) is 4.79 Å². The molecule has 1 saturated heterocycles. The van der Waals surface area contributed by atoms with E-state index in [0.29, 0.717) is 19.1 Å². The van der Waals surface area contributed by atoms with Gasteiger partial charge in [0.1, 0.15) is 5.75 Å². The Labute approximate surface area is 186 Å². The number of hydrogen-bond donors (Lipinski definition) is 1. The highest BCUT2D eigenvalue weighted by atomic mass is 32.1. The van der Waals surface area contributed by atoms with Crippen LogP contribution in [0.25, 0.3) is 10.1 Å². The van der Waals surface area contributed by atoms with Gasteiger partial charge in [-0.05, 0) is 54.0 Å². The van der Waals surface area contributed by atoms with Crippen LogP contribution in [0.15, 0.2) is 41.8 Å². The van der Waals surface area contributed by atoms with Gasteiger partial charge in [-0.1, -0.05) is 12.1 Å². The molecule has 1 aromatic heterocycles. The van der Waals surface area contributed by atoms with Gasteiger partial charge >= 0.3 is 0 Å². The number of fused-ring (bicyclic) bond motifs is 3.